The number of H-pyrrole nitrogens is 1. The van der Waals surface area contributed by atoms with E-state index in [1.54, 1.807) is 17.1 Å². The van der Waals surface area contributed by atoms with Gasteiger partial charge in [0, 0.05) is 29.7 Å². The van der Waals surface area contributed by atoms with Gasteiger partial charge >= 0.3 is 5.82 Å². The molecule has 0 aliphatic carbocycles. The molecule has 26 heavy (non-hydrogen) atoms. The van der Waals surface area contributed by atoms with Crippen molar-refractivity contribution in [2.24, 2.45) is 14.1 Å². The smallest absolute Gasteiger partial charge is 0.345 e. The molecular formula is C19H17ClN5O+. The lowest BCUT2D eigenvalue weighted by Crippen LogP contribution is -2.43. The third kappa shape index (κ3) is 2.50. The van der Waals surface area contributed by atoms with Crippen LogP contribution in [0.25, 0.3) is 22.2 Å². The Hall–Kier alpha value is -2.99. The number of nitrogens with one attached hydrogen (secondary N) is 1. The summed E-state index contributed by atoms with van der Waals surface area (Å²) >= 11 is 6.01. The Labute approximate surface area is 155 Å². The Balaban J connectivity index is 1.92. The number of pyridine rings is 1. The number of fused-ring (bicyclic) bond motifs is 1. The summed E-state index contributed by atoms with van der Waals surface area (Å²) in [6.07, 6.45) is 3.42. The number of rotatable bonds is 3. The van der Waals surface area contributed by atoms with Gasteiger partial charge in [-0.25, -0.2) is 4.98 Å². The first-order chi connectivity index (χ1) is 12.5. The Bertz CT molecular complexity index is 1140. The molecule has 3 aromatic heterocycles. The molecule has 1 N–H and O–H groups in total. The first-order valence-electron chi connectivity index (χ1n) is 8.13. The number of carbonyl (C=O) groups excluding carboxylic acids is 1. The number of hydrogen-bond donors (Lipinski definition) is 1. The lowest BCUT2D eigenvalue weighted by Gasteiger charge is -2.05. The number of ketones is 1. The highest BCUT2D eigenvalue weighted by Crippen LogP contribution is 2.31. The third-order valence-electron chi connectivity index (χ3n) is 4.67. The van der Waals surface area contributed by atoms with Crippen LogP contribution in [-0.2, 0) is 14.1 Å². The normalized spacial score (nSPS) is 11.2. The fourth-order valence-electron chi connectivity index (χ4n) is 3.08. The number of hydrogen-bond acceptors (Lipinski definition) is 3. The summed E-state index contributed by atoms with van der Waals surface area (Å²) in [6, 6.07) is 9.44. The molecule has 4 rings (SSSR count). The van der Waals surface area contributed by atoms with Crippen LogP contribution < -0.4 is 4.68 Å². The van der Waals surface area contributed by atoms with Crippen molar-refractivity contribution >= 4 is 28.4 Å². The van der Waals surface area contributed by atoms with E-state index >= 15 is 0 Å². The van der Waals surface area contributed by atoms with E-state index in [-0.39, 0.29) is 5.78 Å². The molecule has 0 aliphatic rings. The minimum absolute atomic E-state index is 0.148. The van der Waals surface area contributed by atoms with E-state index in [9.17, 15) is 4.79 Å². The van der Waals surface area contributed by atoms with Gasteiger partial charge in [0.05, 0.1) is 12.6 Å². The first-order valence-corrected chi connectivity index (χ1v) is 8.51. The van der Waals surface area contributed by atoms with Gasteiger partial charge in [-0.05, 0) is 34.3 Å². The number of nitrogens with zero attached hydrogens (tertiary/aromatic N) is 4. The van der Waals surface area contributed by atoms with Gasteiger partial charge in [0.25, 0.3) is 11.6 Å². The van der Waals surface area contributed by atoms with Crippen molar-refractivity contribution in [3.63, 3.8) is 0 Å². The minimum Gasteiger partial charge on any atom is -0.345 e. The van der Waals surface area contributed by atoms with Crippen molar-refractivity contribution in [2.45, 2.75) is 6.92 Å². The van der Waals surface area contributed by atoms with E-state index in [4.69, 9.17) is 11.6 Å². The molecule has 6 nitrogen and oxygen atoms in total. The number of aromatic nitrogens is 5. The number of aromatic amines is 1. The summed E-state index contributed by atoms with van der Waals surface area (Å²) in [6.45, 7) is 1.87. The minimum atomic E-state index is -0.148. The fourth-order valence-corrected chi connectivity index (χ4v) is 3.21. The Morgan fingerprint density at radius 3 is 2.62 bits per heavy atom. The molecule has 4 aromatic rings. The number of benzene rings is 1. The van der Waals surface area contributed by atoms with Crippen LogP contribution >= 0.6 is 11.6 Å². The zero-order valence-corrected chi connectivity index (χ0v) is 15.4. The van der Waals surface area contributed by atoms with Crippen molar-refractivity contribution in [2.75, 3.05) is 0 Å². The zero-order chi connectivity index (χ0) is 18.4. The molecule has 0 saturated heterocycles. The highest BCUT2D eigenvalue weighted by Gasteiger charge is 2.30. The van der Waals surface area contributed by atoms with Gasteiger partial charge in [0.1, 0.15) is 12.7 Å². The summed E-state index contributed by atoms with van der Waals surface area (Å²) in [4.78, 5) is 25.1. The molecule has 1 aromatic carbocycles. The molecule has 7 heteroatoms. The van der Waals surface area contributed by atoms with Crippen molar-refractivity contribution in [1.29, 1.82) is 0 Å². The highest BCUT2D eigenvalue weighted by atomic mass is 35.5. The molecule has 0 radical (unpaired) electrons. The predicted molar refractivity (Wildman–Crippen MR) is 99.1 cm³/mol. The van der Waals surface area contributed by atoms with Gasteiger partial charge in [-0.3, -0.25) is 4.79 Å². The maximum atomic E-state index is 13.2. The predicted octanol–water partition coefficient (Wildman–Crippen LogP) is 2.98. The number of halogens is 1. The lowest BCUT2D eigenvalue weighted by molar-refractivity contribution is -0.754. The molecule has 0 atom stereocenters. The Kier molecular flexibility index (Phi) is 3.85. The summed E-state index contributed by atoms with van der Waals surface area (Å²) in [5, 5.41) is 1.45. The van der Waals surface area contributed by atoms with Crippen LogP contribution in [0.4, 0.5) is 0 Å². The van der Waals surface area contributed by atoms with E-state index in [0.717, 1.165) is 22.3 Å². The zero-order valence-electron chi connectivity index (χ0n) is 14.6. The van der Waals surface area contributed by atoms with Crippen molar-refractivity contribution < 1.29 is 9.48 Å². The van der Waals surface area contributed by atoms with Gasteiger partial charge in [0.2, 0.25) is 0 Å². The maximum Gasteiger partial charge on any atom is 0.392 e. The summed E-state index contributed by atoms with van der Waals surface area (Å²) in [7, 11) is 3.69. The second kappa shape index (κ2) is 6.07. The van der Waals surface area contributed by atoms with Crippen LogP contribution in [0.1, 0.15) is 22.0 Å². The van der Waals surface area contributed by atoms with Crippen LogP contribution in [0.5, 0.6) is 0 Å². The molecule has 0 amide bonds. The summed E-state index contributed by atoms with van der Waals surface area (Å²) in [5.41, 5.74) is 3.10. The molecule has 0 bridgehead atoms. The van der Waals surface area contributed by atoms with Crippen LogP contribution in [0, 0.1) is 6.92 Å². The van der Waals surface area contributed by atoms with Crippen molar-refractivity contribution in [3.8, 4) is 11.1 Å². The number of carbonyl (C=O) groups is 1. The standard InChI is InChI=1S/C19H16ClN5O/c1-11-23-19(25(3)24(11)2)17(26)15-10-22-18-16(15)14(8-9-21-18)12-4-6-13(20)7-5-12/h4-10H,1-3H3/p+1. The second-order valence-electron chi connectivity index (χ2n) is 6.15. The number of aryl methyl sites for hydroxylation is 1. The van der Waals surface area contributed by atoms with Crippen LogP contribution in [0.3, 0.4) is 0 Å². The van der Waals surface area contributed by atoms with Gasteiger partial charge in [-0.15, -0.1) is 4.68 Å². The molecule has 130 valence electrons. The molecule has 0 spiro atoms. The van der Waals surface area contributed by atoms with E-state index in [1.807, 2.05) is 56.0 Å². The molecule has 0 saturated carbocycles. The van der Waals surface area contributed by atoms with Crippen molar-refractivity contribution in [3.05, 3.63) is 65.0 Å². The van der Waals surface area contributed by atoms with Gasteiger partial charge in [0.15, 0.2) is 0 Å². The monoisotopic (exact) mass is 366 g/mol. The van der Waals surface area contributed by atoms with Gasteiger partial charge in [-0.2, -0.15) is 4.68 Å². The Morgan fingerprint density at radius 2 is 1.96 bits per heavy atom. The maximum absolute atomic E-state index is 13.2. The topological polar surface area (TPSA) is 67.5 Å². The van der Waals surface area contributed by atoms with Gasteiger partial charge < -0.3 is 4.98 Å². The van der Waals surface area contributed by atoms with Gasteiger partial charge in [-0.1, -0.05) is 23.7 Å². The van der Waals surface area contributed by atoms with Crippen LogP contribution in [-0.4, -0.2) is 25.4 Å². The SMILES string of the molecule is Cc1nc(C(=O)c2c[nH]c3nccc(-c4ccc(Cl)cc4)c23)[n+](C)n1C. The summed E-state index contributed by atoms with van der Waals surface area (Å²) in [5.74, 6) is 1.01. The summed E-state index contributed by atoms with van der Waals surface area (Å²) < 4.78 is 3.58. The molecule has 3 heterocycles. The lowest BCUT2D eigenvalue weighted by atomic mass is 9.99. The van der Waals surface area contributed by atoms with Crippen LogP contribution in [0.2, 0.25) is 5.02 Å². The van der Waals surface area contributed by atoms with Crippen LogP contribution in [0.15, 0.2) is 42.7 Å². The van der Waals surface area contributed by atoms with E-state index in [1.165, 1.54) is 0 Å². The largest absolute Gasteiger partial charge is 0.392 e. The molecule has 0 fully saturated rings. The third-order valence-corrected chi connectivity index (χ3v) is 4.92. The highest BCUT2D eigenvalue weighted by molar-refractivity contribution is 6.30. The quantitative estimate of drug-likeness (QED) is 0.447. The van der Waals surface area contributed by atoms with E-state index in [2.05, 4.69) is 15.0 Å². The molecule has 0 unspecified atom stereocenters. The first kappa shape index (κ1) is 16.5. The fraction of sp³-hybridized carbons (Fsp3) is 0.158. The van der Waals surface area contributed by atoms with E-state index in [0.29, 0.717) is 22.1 Å². The second-order valence-corrected chi connectivity index (χ2v) is 6.59. The Morgan fingerprint density at radius 1 is 1.23 bits per heavy atom. The van der Waals surface area contributed by atoms with Crippen molar-refractivity contribution in [1.82, 2.24) is 19.6 Å². The average molecular weight is 367 g/mol. The molecular weight excluding hydrogens is 350 g/mol. The van der Waals surface area contributed by atoms with E-state index < -0.39 is 0 Å². The molecule has 0 aliphatic heterocycles. The average Bonchev–Trinajstić information content (AvgIpc) is 3.19.